The van der Waals surface area contributed by atoms with E-state index in [0.29, 0.717) is 0 Å². The van der Waals surface area contributed by atoms with E-state index in [2.05, 4.69) is 0 Å². The topological polar surface area (TPSA) is 89.5 Å². The van der Waals surface area contributed by atoms with Crippen LogP contribution in [0.1, 0.15) is 13.8 Å². The van der Waals surface area contributed by atoms with Crippen molar-refractivity contribution in [3.05, 3.63) is 0 Å². The van der Waals surface area contributed by atoms with Crippen LogP contribution in [-0.4, -0.2) is 72.4 Å². The molecule has 3 fully saturated rings. The van der Waals surface area contributed by atoms with Crippen LogP contribution in [0.15, 0.2) is 0 Å². The van der Waals surface area contributed by atoms with E-state index >= 15 is 0 Å². The molecule has 0 amide bonds. The van der Waals surface area contributed by atoms with Gasteiger partial charge in [0.15, 0.2) is 0 Å². The molecule has 13 heteroatoms. The summed E-state index contributed by atoms with van der Waals surface area (Å²) in [5.41, 5.74) is 0. The van der Waals surface area contributed by atoms with Gasteiger partial charge in [-0.15, -0.1) is 18.1 Å². The molecular weight excluding hydrogens is 367 g/mol. The monoisotopic (exact) mass is 385 g/mol. The van der Waals surface area contributed by atoms with Crippen LogP contribution < -0.4 is 0 Å². The van der Waals surface area contributed by atoms with Gasteiger partial charge in [0.05, 0.1) is 13.3 Å². The van der Waals surface area contributed by atoms with E-state index in [1.54, 1.807) is 0 Å². The van der Waals surface area contributed by atoms with E-state index in [9.17, 15) is 9.13 Å². The minimum absolute atomic E-state index is 0.0247. The average molecular weight is 385 g/mol. The van der Waals surface area contributed by atoms with Gasteiger partial charge < -0.3 is 9.47 Å². The molecule has 3 rings (SSSR count). The van der Waals surface area contributed by atoms with E-state index in [4.69, 9.17) is 43.2 Å². The average Bonchev–Trinajstić information content (AvgIpc) is 3.02. The zero-order valence-corrected chi connectivity index (χ0v) is 15.7. The third-order valence-corrected chi connectivity index (χ3v) is 6.34. The van der Waals surface area contributed by atoms with Crippen molar-refractivity contribution in [1.29, 1.82) is 0 Å². The Hall–Kier alpha value is 0.155. The molecule has 25 heavy (non-hydrogen) atoms. The standard InChI is InChI=1S/C12H18B3O8P2/c1-5-7-3-18-24(16)22-9-6(2)11(13)20-8(9)4-19-25(17)23-10(5)12(15-14)21-7/h5-12H,3-4H2,1-2H3/q+2/t5?,6?,7-,8-,9-,10+,11-,12-/m1/s1. The van der Waals surface area contributed by atoms with E-state index in [1.807, 2.05) is 13.8 Å². The zero-order valence-electron chi connectivity index (χ0n) is 13.9. The first-order valence-electron chi connectivity index (χ1n) is 8.06. The van der Waals surface area contributed by atoms with Gasteiger partial charge in [-0.05, 0) is 0 Å². The first kappa shape index (κ1) is 19.9. The number of rotatable bonds is 1. The summed E-state index contributed by atoms with van der Waals surface area (Å²) in [5, 5.41) is 0. The lowest BCUT2D eigenvalue weighted by atomic mass is 9.50. The number of hydrogen-bond acceptors (Lipinski definition) is 8. The van der Waals surface area contributed by atoms with E-state index < -0.39 is 52.9 Å². The maximum Gasteiger partial charge on any atom is 0.697 e. The summed E-state index contributed by atoms with van der Waals surface area (Å²) in [6.07, 6.45) is -2.23. The summed E-state index contributed by atoms with van der Waals surface area (Å²) in [5.74, 6) is -0.428. The van der Waals surface area contributed by atoms with Crippen molar-refractivity contribution >= 4 is 39.3 Å². The molecule has 0 aromatic rings. The fourth-order valence-electron chi connectivity index (χ4n) is 3.17. The molecule has 0 aliphatic carbocycles. The van der Waals surface area contributed by atoms with E-state index in [0.717, 1.165) is 0 Å². The first-order valence-corrected chi connectivity index (χ1v) is 10.2. The normalized spacial score (nSPS) is 48.9. The molecular formula is C12H18B3O8P2+2. The van der Waals surface area contributed by atoms with Gasteiger partial charge in [-0.3, -0.25) is 0 Å². The Balaban J connectivity index is 1.76. The Morgan fingerprint density at radius 2 is 1.52 bits per heavy atom. The summed E-state index contributed by atoms with van der Waals surface area (Å²) in [4.78, 5) is 0. The minimum atomic E-state index is -2.43. The van der Waals surface area contributed by atoms with Crippen molar-refractivity contribution in [3.63, 3.8) is 0 Å². The highest BCUT2D eigenvalue weighted by atomic mass is 31.1. The maximum absolute atomic E-state index is 12.2. The smallest absolute Gasteiger partial charge is 0.379 e. The van der Waals surface area contributed by atoms with Crippen LogP contribution >= 0.6 is 16.5 Å². The van der Waals surface area contributed by atoms with E-state index in [1.165, 1.54) is 7.17 Å². The van der Waals surface area contributed by atoms with E-state index in [-0.39, 0.29) is 25.0 Å². The second-order valence-corrected chi connectivity index (χ2v) is 8.20. The van der Waals surface area contributed by atoms with Crippen LogP contribution in [0.25, 0.3) is 0 Å². The van der Waals surface area contributed by atoms with Gasteiger partial charge >= 0.3 is 16.5 Å². The minimum Gasteiger partial charge on any atom is -0.379 e. The third-order valence-electron chi connectivity index (χ3n) is 4.79. The molecule has 0 aromatic heterocycles. The molecule has 5 radical (unpaired) electrons. The second kappa shape index (κ2) is 8.45. The van der Waals surface area contributed by atoms with Crippen LogP contribution in [0.4, 0.5) is 0 Å². The van der Waals surface area contributed by atoms with Crippen LogP contribution in [0.2, 0.25) is 0 Å². The first-order chi connectivity index (χ1) is 11.9. The van der Waals surface area contributed by atoms with Gasteiger partial charge in [0, 0.05) is 40.7 Å². The van der Waals surface area contributed by atoms with Crippen LogP contribution in [0, 0.1) is 11.8 Å². The molecule has 0 spiro atoms. The van der Waals surface area contributed by atoms with Crippen molar-refractivity contribution < 1.29 is 36.7 Å². The summed E-state index contributed by atoms with van der Waals surface area (Å²) in [7, 11) is 7.91. The molecule has 2 bridgehead atoms. The molecule has 0 saturated carbocycles. The molecule has 0 N–H and O–H groups in total. The summed E-state index contributed by atoms with van der Waals surface area (Å²) in [6, 6.07) is -1.18. The zero-order chi connectivity index (χ0) is 18.1. The van der Waals surface area contributed by atoms with Gasteiger partial charge in [0.2, 0.25) is 0 Å². The number of ether oxygens (including phenoxy) is 2. The molecule has 3 saturated heterocycles. The predicted octanol–water partition coefficient (Wildman–Crippen LogP) is 0.797. The van der Waals surface area contributed by atoms with Gasteiger partial charge in [-0.2, -0.15) is 0 Å². The SMILES string of the molecule is [B][B][C@@H]1O[C@@H]2CO[P+](=O)O[C@@H]3C(C)[C@H]([B])O[C@@H]3CO[P+](=O)O[C@H]1C2C. The predicted molar refractivity (Wildman–Crippen MR) is 89.8 cm³/mol. The molecule has 10 atom stereocenters. The Morgan fingerprint density at radius 1 is 0.920 bits per heavy atom. The fraction of sp³-hybridized carbons (Fsp3) is 1.00. The summed E-state index contributed by atoms with van der Waals surface area (Å²) >= 11 is 0. The Morgan fingerprint density at radius 3 is 2.16 bits per heavy atom. The number of fused-ring (bicyclic) bond motifs is 3. The van der Waals surface area contributed by atoms with Crippen molar-refractivity contribution in [2.24, 2.45) is 11.8 Å². The largest absolute Gasteiger partial charge is 0.697 e. The fourth-order valence-corrected chi connectivity index (χ4v) is 4.87. The lowest BCUT2D eigenvalue weighted by molar-refractivity contribution is -0.00485. The Labute approximate surface area is 151 Å². The maximum atomic E-state index is 12.2. The molecule has 131 valence electrons. The summed E-state index contributed by atoms with van der Waals surface area (Å²) < 4.78 is 57.1. The lowest BCUT2D eigenvalue weighted by Crippen LogP contribution is -2.33. The van der Waals surface area contributed by atoms with Crippen molar-refractivity contribution in [2.45, 2.75) is 50.3 Å². The van der Waals surface area contributed by atoms with Crippen LogP contribution in [0.5, 0.6) is 0 Å². The molecule has 3 heterocycles. The number of hydrogen-bond donors (Lipinski definition) is 0. The molecule has 3 aliphatic rings. The quantitative estimate of drug-likeness (QED) is 0.484. The summed E-state index contributed by atoms with van der Waals surface area (Å²) in [6.45, 7) is 3.60. The molecule has 4 unspecified atom stereocenters. The molecule has 3 aliphatic heterocycles. The van der Waals surface area contributed by atoms with Gasteiger partial charge in [-0.25, -0.2) is 0 Å². The van der Waals surface area contributed by atoms with Gasteiger partial charge in [0.25, 0.3) is 0 Å². The molecule has 8 nitrogen and oxygen atoms in total. The highest BCUT2D eigenvalue weighted by molar-refractivity contribution is 7.33. The van der Waals surface area contributed by atoms with Crippen molar-refractivity contribution in [3.8, 4) is 0 Å². The lowest BCUT2D eigenvalue weighted by Gasteiger charge is -2.14. The molecule has 0 aromatic carbocycles. The highest BCUT2D eigenvalue weighted by Crippen LogP contribution is 2.42. The third kappa shape index (κ3) is 4.36. The highest BCUT2D eigenvalue weighted by Gasteiger charge is 2.51. The van der Waals surface area contributed by atoms with Crippen molar-refractivity contribution in [2.75, 3.05) is 13.2 Å². The van der Waals surface area contributed by atoms with Crippen molar-refractivity contribution in [1.82, 2.24) is 0 Å². The van der Waals surface area contributed by atoms with Crippen LogP contribution in [0.3, 0.4) is 0 Å². The Bertz CT molecular complexity index is 529. The second-order valence-electron chi connectivity index (χ2n) is 6.37. The Kier molecular flexibility index (Phi) is 6.73. The van der Waals surface area contributed by atoms with Crippen LogP contribution in [-0.2, 0) is 36.7 Å². The van der Waals surface area contributed by atoms with Gasteiger partial charge in [0.1, 0.15) is 39.4 Å². The van der Waals surface area contributed by atoms with Gasteiger partial charge in [-0.1, -0.05) is 13.8 Å².